The highest BCUT2D eigenvalue weighted by Gasteiger charge is 2.60. The van der Waals surface area contributed by atoms with Crippen LogP contribution in [0.4, 0.5) is 5.69 Å². The highest BCUT2D eigenvalue weighted by molar-refractivity contribution is 6.01. The molecule has 0 aromatic heterocycles. The maximum absolute atomic E-state index is 14.0. The Morgan fingerprint density at radius 2 is 1.71 bits per heavy atom. The van der Waals surface area contributed by atoms with E-state index in [9.17, 15) is 14.9 Å². The fourth-order valence-corrected chi connectivity index (χ4v) is 5.20. The lowest BCUT2D eigenvalue weighted by Gasteiger charge is -2.30. The molecule has 0 spiro atoms. The van der Waals surface area contributed by atoms with Gasteiger partial charge in [-0.3, -0.25) is 19.9 Å². The number of ketones is 1. The number of rotatable bonds is 6. The van der Waals surface area contributed by atoms with Gasteiger partial charge in [-0.05, 0) is 47.5 Å². The Balaban J connectivity index is 1.66. The number of anilines is 1. The predicted molar refractivity (Wildman–Crippen MR) is 134 cm³/mol. The molecule has 0 N–H and O–H groups in total. The van der Waals surface area contributed by atoms with Gasteiger partial charge in [-0.15, -0.1) is 0 Å². The van der Waals surface area contributed by atoms with Gasteiger partial charge in [-0.1, -0.05) is 36.4 Å². The van der Waals surface area contributed by atoms with E-state index in [-0.39, 0.29) is 10.7 Å². The van der Waals surface area contributed by atoms with Gasteiger partial charge in [0.2, 0.25) is 6.04 Å². The Labute approximate surface area is 203 Å². The van der Waals surface area contributed by atoms with Crippen LogP contribution in [0.5, 0.6) is 5.75 Å². The topological polar surface area (TPSA) is 88.3 Å². The van der Waals surface area contributed by atoms with Crippen molar-refractivity contribution in [3.05, 3.63) is 105 Å². The average molecular weight is 471 g/mol. The van der Waals surface area contributed by atoms with Crippen molar-refractivity contribution in [1.82, 2.24) is 5.01 Å². The Bertz CT molecular complexity index is 1290. The molecular formula is C27H26N4O4. The number of hydrogen-bond donors (Lipinski definition) is 0. The monoisotopic (exact) mass is 470 g/mol. The molecule has 2 aliphatic heterocycles. The molecular weight excluding hydrogens is 444 g/mol. The van der Waals surface area contributed by atoms with Crippen LogP contribution in [0.2, 0.25) is 0 Å². The molecule has 8 nitrogen and oxygen atoms in total. The van der Waals surface area contributed by atoms with Crippen LogP contribution in [0.1, 0.15) is 39.0 Å². The van der Waals surface area contributed by atoms with Crippen LogP contribution in [0.15, 0.2) is 77.9 Å². The number of carbonyl (C=O) groups excluding carboxylic acids is 1. The largest absolute Gasteiger partial charge is 0.497 e. The van der Waals surface area contributed by atoms with Gasteiger partial charge >= 0.3 is 0 Å². The summed E-state index contributed by atoms with van der Waals surface area (Å²) >= 11 is 0. The normalized spacial score (nSPS) is 22.3. The van der Waals surface area contributed by atoms with E-state index in [2.05, 4.69) is 5.10 Å². The third-order valence-electron chi connectivity index (χ3n) is 6.93. The minimum Gasteiger partial charge on any atom is -0.497 e. The van der Waals surface area contributed by atoms with Crippen LogP contribution in [0, 0.1) is 10.1 Å². The molecule has 2 aliphatic rings. The van der Waals surface area contributed by atoms with Gasteiger partial charge in [-0.2, -0.15) is 5.10 Å². The second-order valence-corrected chi connectivity index (χ2v) is 9.02. The molecule has 1 fully saturated rings. The smallest absolute Gasteiger partial charge is 0.248 e. The molecule has 0 aliphatic carbocycles. The third-order valence-corrected chi connectivity index (χ3v) is 6.93. The van der Waals surface area contributed by atoms with E-state index in [1.165, 1.54) is 0 Å². The molecule has 5 rings (SSSR count). The number of benzene rings is 3. The van der Waals surface area contributed by atoms with Crippen LogP contribution in [0.3, 0.4) is 0 Å². The van der Waals surface area contributed by atoms with E-state index in [1.54, 1.807) is 42.6 Å². The van der Waals surface area contributed by atoms with Gasteiger partial charge in [0, 0.05) is 35.8 Å². The first-order valence-corrected chi connectivity index (χ1v) is 11.4. The number of carbonyl (C=O) groups is 1. The van der Waals surface area contributed by atoms with Gasteiger partial charge in [0.05, 0.1) is 19.2 Å². The Morgan fingerprint density at radius 1 is 1.03 bits per heavy atom. The first-order chi connectivity index (χ1) is 16.9. The van der Waals surface area contributed by atoms with Crippen molar-refractivity contribution in [2.24, 2.45) is 5.10 Å². The molecule has 0 unspecified atom stereocenters. The molecule has 178 valence electrons. The van der Waals surface area contributed by atoms with Crippen LogP contribution >= 0.6 is 0 Å². The summed E-state index contributed by atoms with van der Waals surface area (Å²) in [4.78, 5) is 28.3. The number of nitrogens with zero attached hydrogens (tertiary/aromatic N) is 4. The molecule has 4 atom stereocenters. The summed E-state index contributed by atoms with van der Waals surface area (Å²) < 4.78 is 5.23. The summed E-state index contributed by atoms with van der Waals surface area (Å²) in [6.45, 7) is 0. The highest BCUT2D eigenvalue weighted by Crippen LogP contribution is 2.49. The van der Waals surface area contributed by atoms with Gasteiger partial charge < -0.3 is 9.64 Å². The first kappa shape index (κ1) is 22.6. The Hall–Kier alpha value is -4.20. The molecule has 0 amide bonds. The summed E-state index contributed by atoms with van der Waals surface area (Å²) in [7, 11) is 5.44. The van der Waals surface area contributed by atoms with Crippen LogP contribution in [-0.4, -0.2) is 55.2 Å². The molecule has 35 heavy (non-hydrogen) atoms. The van der Waals surface area contributed by atoms with E-state index in [0.717, 1.165) is 22.4 Å². The van der Waals surface area contributed by atoms with E-state index >= 15 is 0 Å². The van der Waals surface area contributed by atoms with E-state index < -0.39 is 24.0 Å². The van der Waals surface area contributed by atoms with Gasteiger partial charge in [-0.25, -0.2) is 0 Å². The molecule has 3 aromatic carbocycles. The van der Waals surface area contributed by atoms with E-state index in [4.69, 9.17) is 4.74 Å². The highest BCUT2D eigenvalue weighted by atomic mass is 16.6. The average Bonchev–Trinajstić information content (AvgIpc) is 3.24. The zero-order chi connectivity index (χ0) is 24.7. The minimum atomic E-state index is -1.05. The number of hydrogen-bond acceptors (Lipinski definition) is 7. The van der Waals surface area contributed by atoms with Crippen molar-refractivity contribution in [3.8, 4) is 5.75 Å². The van der Waals surface area contributed by atoms with Gasteiger partial charge in [0.25, 0.3) is 0 Å². The van der Waals surface area contributed by atoms with Crippen molar-refractivity contribution in [2.45, 2.75) is 24.0 Å². The van der Waals surface area contributed by atoms with Gasteiger partial charge in [0.1, 0.15) is 17.8 Å². The fourth-order valence-electron chi connectivity index (χ4n) is 5.20. The molecule has 0 saturated carbocycles. The zero-order valence-electron chi connectivity index (χ0n) is 19.7. The van der Waals surface area contributed by atoms with Crippen LogP contribution < -0.4 is 9.64 Å². The molecule has 8 heteroatoms. The van der Waals surface area contributed by atoms with Crippen molar-refractivity contribution in [2.75, 3.05) is 26.1 Å². The summed E-state index contributed by atoms with van der Waals surface area (Å²) in [6.07, 6.45) is 1.69. The number of nitro groups is 1. The quantitative estimate of drug-likeness (QED) is 0.306. The van der Waals surface area contributed by atoms with Crippen molar-refractivity contribution in [1.29, 1.82) is 0 Å². The molecule has 0 bridgehead atoms. The van der Waals surface area contributed by atoms with Crippen molar-refractivity contribution < 1.29 is 14.5 Å². The first-order valence-electron chi connectivity index (χ1n) is 11.4. The summed E-state index contributed by atoms with van der Waals surface area (Å²) in [5.74, 6) is -0.265. The molecule has 0 radical (unpaired) electrons. The summed E-state index contributed by atoms with van der Waals surface area (Å²) in [6, 6.07) is 19.5. The third kappa shape index (κ3) is 3.80. The molecule has 2 heterocycles. The Kier molecular flexibility index (Phi) is 5.72. The SMILES string of the molecule is COc1ccc(C(=O)[C@@H]2[C@@H](c3ccc(N(C)C)cc3)[C@@H]([N+](=O)[O-])[C@@H]3c4ccccc4C=NN23)cc1. The van der Waals surface area contributed by atoms with E-state index in [0.29, 0.717) is 11.3 Å². The summed E-state index contributed by atoms with van der Waals surface area (Å²) in [5, 5.41) is 18.8. The van der Waals surface area contributed by atoms with Crippen LogP contribution in [-0.2, 0) is 0 Å². The number of Topliss-reactive ketones (excluding diaryl/α,β-unsaturated/α-hetero) is 1. The lowest BCUT2D eigenvalue weighted by atomic mass is 9.82. The number of methoxy groups -OCH3 is 1. The lowest BCUT2D eigenvalue weighted by Crippen LogP contribution is -2.38. The molecule has 1 saturated heterocycles. The number of hydrazone groups is 1. The Morgan fingerprint density at radius 3 is 2.34 bits per heavy atom. The second kappa shape index (κ2) is 8.87. The summed E-state index contributed by atoms with van der Waals surface area (Å²) in [5.41, 5.74) is 3.82. The van der Waals surface area contributed by atoms with Crippen molar-refractivity contribution in [3.63, 3.8) is 0 Å². The number of ether oxygens (including phenoxy) is 1. The standard InChI is InChI=1S/C27H26N4O4/c1-29(2)20-12-8-17(9-13-20)23-25(31(33)34)24-22-7-5-4-6-19(22)16-28-30(24)26(23)27(32)18-10-14-21(35-3)15-11-18/h4-16,23-26H,1-3H3/t23-,24-,25+,26-/m0/s1. The van der Waals surface area contributed by atoms with E-state index in [1.807, 2.05) is 67.5 Å². The van der Waals surface area contributed by atoms with Crippen molar-refractivity contribution >= 4 is 17.7 Å². The molecule has 3 aromatic rings. The maximum Gasteiger partial charge on any atom is 0.248 e. The number of fused-ring (bicyclic) bond motifs is 3. The fraction of sp³-hybridized carbons (Fsp3) is 0.259. The lowest BCUT2D eigenvalue weighted by molar-refractivity contribution is -0.529. The van der Waals surface area contributed by atoms with Crippen LogP contribution in [0.25, 0.3) is 0 Å². The maximum atomic E-state index is 14.0. The minimum absolute atomic E-state index is 0.208. The second-order valence-electron chi connectivity index (χ2n) is 9.02. The zero-order valence-corrected chi connectivity index (χ0v) is 19.7. The predicted octanol–water partition coefficient (Wildman–Crippen LogP) is 4.15. The van der Waals surface area contributed by atoms with Gasteiger partial charge in [0.15, 0.2) is 5.78 Å².